The van der Waals surface area contributed by atoms with Crippen molar-refractivity contribution in [3.8, 4) is 0 Å². The molecule has 27 heavy (non-hydrogen) atoms. The maximum atomic E-state index is 13.1. The third-order valence-corrected chi connectivity index (χ3v) is 9.32. The van der Waals surface area contributed by atoms with Crippen molar-refractivity contribution in [3.63, 3.8) is 0 Å². The first kappa shape index (κ1) is 18.7. The first-order chi connectivity index (χ1) is 12.8. The average Bonchev–Trinajstić information content (AvgIpc) is 3.34. The Kier molecular flexibility index (Phi) is 4.66. The Bertz CT molecular complexity index is 1040. The highest BCUT2D eigenvalue weighted by molar-refractivity contribution is 7.89. The second kappa shape index (κ2) is 6.73. The largest absolute Gasteiger partial charge is 0.349 e. The van der Waals surface area contributed by atoms with Crippen molar-refractivity contribution in [2.24, 2.45) is 0 Å². The molecule has 0 radical (unpaired) electrons. The van der Waals surface area contributed by atoms with Gasteiger partial charge < -0.3 is 4.57 Å². The number of sulfonamides is 2. The van der Waals surface area contributed by atoms with Crippen LogP contribution in [0.4, 0.5) is 0 Å². The Balaban J connectivity index is 1.62. The van der Waals surface area contributed by atoms with Gasteiger partial charge in [0.05, 0.1) is 15.8 Å². The Morgan fingerprint density at radius 2 is 1.41 bits per heavy atom. The summed E-state index contributed by atoms with van der Waals surface area (Å²) in [5.74, 6) is 0. The minimum absolute atomic E-state index is 0.120. The molecule has 2 aliphatic heterocycles. The quantitative estimate of drug-likeness (QED) is 0.774. The van der Waals surface area contributed by atoms with E-state index in [2.05, 4.69) is 4.57 Å². The van der Waals surface area contributed by atoms with E-state index in [1.807, 2.05) is 25.3 Å². The lowest BCUT2D eigenvalue weighted by Crippen LogP contribution is -2.40. The molecule has 0 saturated carbocycles. The molecular weight excluding hydrogens is 386 g/mol. The maximum absolute atomic E-state index is 13.1. The van der Waals surface area contributed by atoms with Gasteiger partial charge in [-0.05, 0) is 56.2 Å². The van der Waals surface area contributed by atoms with Gasteiger partial charge >= 0.3 is 0 Å². The maximum Gasteiger partial charge on any atom is 0.243 e. The highest BCUT2D eigenvalue weighted by Crippen LogP contribution is 2.31. The van der Waals surface area contributed by atoms with Gasteiger partial charge in [0.2, 0.25) is 20.0 Å². The molecule has 9 heteroatoms. The monoisotopic (exact) mass is 409 g/mol. The summed E-state index contributed by atoms with van der Waals surface area (Å²) in [5, 5.41) is 0. The fourth-order valence-corrected chi connectivity index (χ4v) is 7.00. The van der Waals surface area contributed by atoms with Gasteiger partial charge in [0.25, 0.3) is 0 Å². The molecule has 2 aromatic rings. The number of hydrogen-bond acceptors (Lipinski definition) is 4. The molecule has 1 fully saturated rings. The van der Waals surface area contributed by atoms with Crippen LogP contribution in [-0.2, 0) is 26.6 Å². The van der Waals surface area contributed by atoms with Crippen LogP contribution in [0.2, 0.25) is 0 Å². The lowest BCUT2D eigenvalue weighted by molar-refractivity contribution is 0.282. The summed E-state index contributed by atoms with van der Waals surface area (Å²) < 4.78 is 56.4. The molecule has 2 aliphatic rings. The Morgan fingerprint density at radius 1 is 0.815 bits per heavy atom. The zero-order valence-corrected chi connectivity index (χ0v) is 16.8. The van der Waals surface area contributed by atoms with Crippen molar-refractivity contribution in [1.82, 2.24) is 13.2 Å². The smallest absolute Gasteiger partial charge is 0.243 e. The van der Waals surface area contributed by atoms with E-state index < -0.39 is 20.0 Å². The van der Waals surface area contributed by atoms with Crippen LogP contribution in [0, 0.1) is 0 Å². The van der Waals surface area contributed by atoms with Gasteiger partial charge in [-0.1, -0.05) is 0 Å². The first-order valence-corrected chi connectivity index (χ1v) is 12.0. The normalized spacial score (nSPS) is 22.0. The standard InChI is InChI=1S/C18H23N3O4S2/c1-15-18-5-4-10-19(18)13-14-21(15)27(24,25)17-8-6-16(7-9-17)26(22,23)20-11-2-3-12-20/h4-10,15H,2-3,11-14H2,1H3/t15-/m1/s1. The number of rotatable bonds is 4. The van der Waals surface area contributed by atoms with Crippen LogP contribution in [0.5, 0.6) is 0 Å². The van der Waals surface area contributed by atoms with Crippen molar-refractivity contribution >= 4 is 20.0 Å². The van der Waals surface area contributed by atoms with E-state index in [0.29, 0.717) is 26.2 Å². The van der Waals surface area contributed by atoms with E-state index in [1.165, 1.54) is 32.9 Å². The minimum atomic E-state index is -3.70. The second-order valence-corrected chi connectivity index (χ2v) is 10.8. The highest BCUT2D eigenvalue weighted by Gasteiger charge is 2.34. The first-order valence-electron chi connectivity index (χ1n) is 9.09. The Hall–Kier alpha value is -1.68. The van der Waals surface area contributed by atoms with Crippen LogP contribution in [0.25, 0.3) is 0 Å². The summed E-state index contributed by atoms with van der Waals surface area (Å²) in [5.41, 5.74) is 0.957. The fourth-order valence-electron chi connectivity index (χ4n) is 3.88. The minimum Gasteiger partial charge on any atom is -0.349 e. The number of fused-ring (bicyclic) bond motifs is 1. The lowest BCUT2D eigenvalue weighted by Gasteiger charge is -2.33. The zero-order chi connectivity index (χ0) is 19.2. The SMILES string of the molecule is C[C@@H]1c2cccn2CCN1S(=O)(=O)c1ccc(S(=O)(=O)N2CCCC2)cc1. The van der Waals surface area contributed by atoms with Crippen LogP contribution in [0.15, 0.2) is 52.4 Å². The number of benzene rings is 1. The van der Waals surface area contributed by atoms with Crippen molar-refractivity contribution in [2.75, 3.05) is 19.6 Å². The van der Waals surface area contributed by atoms with Crippen LogP contribution in [0.1, 0.15) is 31.5 Å². The summed E-state index contributed by atoms with van der Waals surface area (Å²) >= 11 is 0. The molecule has 0 spiro atoms. The molecule has 0 bridgehead atoms. The molecule has 1 aromatic carbocycles. The van der Waals surface area contributed by atoms with E-state index >= 15 is 0 Å². The van der Waals surface area contributed by atoms with Gasteiger partial charge in [0, 0.05) is 38.1 Å². The van der Waals surface area contributed by atoms with Gasteiger partial charge in [-0.25, -0.2) is 16.8 Å². The molecule has 0 N–H and O–H groups in total. The van der Waals surface area contributed by atoms with Gasteiger partial charge in [0.15, 0.2) is 0 Å². The van der Waals surface area contributed by atoms with Crippen LogP contribution in [-0.4, -0.2) is 49.6 Å². The van der Waals surface area contributed by atoms with Gasteiger partial charge in [-0.3, -0.25) is 0 Å². The molecule has 146 valence electrons. The van der Waals surface area contributed by atoms with Crippen molar-refractivity contribution < 1.29 is 16.8 Å². The lowest BCUT2D eigenvalue weighted by atomic mass is 10.2. The molecule has 3 heterocycles. The van der Waals surface area contributed by atoms with Crippen molar-refractivity contribution in [2.45, 2.75) is 42.1 Å². The Morgan fingerprint density at radius 3 is 2.04 bits per heavy atom. The Labute approximate surface area is 160 Å². The fraction of sp³-hybridized carbons (Fsp3) is 0.444. The van der Waals surface area contributed by atoms with Crippen LogP contribution in [0.3, 0.4) is 0 Å². The average molecular weight is 410 g/mol. The number of hydrogen-bond donors (Lipinski definition) is 0. The van der Waals surface area contributed by atoms with E-state index in [9.17, 15) is 16.8 Å². The molecule has 7 nitrogen and oxygen atoms in total. The van der Waals surface area contributed by atoms with E-state index in [4.69, 9.17) is 0 Å². The predicted molar refractivity (Wildman–Crippen MR) is 101 cm³/mol. The van der Waals surface area contributed by atoms with Gasteiger partial charge in [0.1, 0.15) is 0 Å². The predicted octanol–water partition coefficient (Wildman–Crippen LogP) is 2.04. The van der Waals surface area contributed by atoms with Crippen molar-refractivity contribution in [3.05, 3.63) is 48.3 Å². The third-order valence-electron chi connectivity index (χ3n) is 5.42. The topological polar surface area (TPSA) is 79.7 Å². The zero-order valence-electron chi connectivity index (χ0n) is 15.2. The molecular formula is C18H23N3O4S2. The summed E-state index contributed by atoms with van der Waals surface area (Å²) in [4.78, 5) is 0.263. The van der Waals surface area contributed by atoms with Crippen LogP contribution >= 0.6 is 0 Å². The van der Waals surface area contributed by atoms with E-state index in [0.717, 1.165) is 18.5 Å². The van der Waals surface area contributed by atoms with Crippen LogP contribution < -0.4 is 0 Å². The highest BCUT2D eigenvalue weighted by atomic mass is 32.2. The summed E-state index contributed by atoms with van der Waals surface area (Å²) in [7, 11) is -7.25. The van der Waals surface area contributed by atoms with E-state index in [-0.39, 0.29) is 15.8 Å². The molecule has 4 rings (SSSR count). The molecule has 0 aliphatic carbocycles. The van der Waals surface area contributed by atoms with E-state index in [1.54, 1.807) is 0 Å². The van der Waals surface area contributed by atoms with Gasteiger partial charge in [-0.15, -0.1) is 0 Å². The molecule has 1 saturated heterocycles. The number of aromatic nitrogens is 1. The molecule has 0 unspecified atom stereocenters. The van der Waals surface area contributed by atoms with Gasteiger partial charge in [-0.2, -0.15) is 8.61 Å². The molecule has 1 aromatic heterocycles. The summed E-state index contributed by atoms with van der Waals surface area (Å²) in [6.45, 7) is 3.90. The second-order valence-electron chi connectivity index (χ2n) is 7.00. The molecule has 0 amide bonds. The summed E-state index contributed by atoms with van der Waals surface area (Å²) in [6.07, 6.45) is 3.67. The molecule has 1 atom stereocenters. The van der Waals surface area contributed by atoms with Crippen molar-refractivity contribution in [1.29, 1.82) is 0 Å². The third kappa shape index (κ3) is 3.12. The number of nitrogens with zero attached hydrogens (tertiary/aromatic N) is 3. The summed E-state index contributed by atoms with van der Waals surface area (Å²) in [6, 6.07) is 9.18.